The Bertz CT molecular complexity index is 454. The van der Waals surface area contributed by atoms with Crippen LogP contribution in [-0.2, 0) is 4.79 Å². The molecule has 0 spiro atoms. The van der Waals surface area contributed by atoms with Crippen LogP contribution in [0.2, 0.25) is 0 Å². The lowest BCUT2D eigenvalue weighted by Crippen LogP contribution is -2.23. The molecule has 1 saturated carbocycles. The molecule has 0 aliphatic heterocycles. The molecule has 0 bridgehead atoms. The van der Waals surface area contributed by atoms with Gasteiger partial charge >= 0.3 is 0 Å². The van der Waals surface area contributed by atoms with Gasteiger partial charge < -0.3 is 15.8 Å². The first-order valence-corrected chi connectivity index (χ1v) is 7.49. The van der Waals surface area contributed by atoms with Crippen LogP contribution in [0, 0.1) is 5.92 Å². The summed E-state index contributed by atoms with van der Waals surface area (Å²) in [7, 11) is 0. The van der Waals surface area contributed by atoms with Crippen LogP contribution in [-0.4, -0.2) is 18.6 Å². The van der Waals surface area contributed by atoms with Crippen molar-refractivity contribution >= 4 is 24.0 Å². The molecule has 1 amide bonds. The molecule has 2 unspecified atom stereocenters. The van der Waals surface area contributed by atoms with Crippen LogP contribution in [0.5, 0.6) is 5.75 Å². The molecule has 0 saturated heterocycles. The van der Waals surface area contributed by atoms with Crippen LogP contribution in [0.3, 0.4) is 0 Å². The fraction of sp³-hybridized carbons (Fsp3) is 0.562. The van der Waals surface area contributed by atoms with E-state index >= 15 is 0 Å². The van der Waals surface area contributed by atoms with Crippen LogP contribution in [0.1, 0.15) is 39.0 Å². The maximum absolute atomic E-state index is 12.2. The molecule has 4 nitrogen and oxygen atoms in total. The Morgan fingerprint density at radius 1 is 1.38 bits per heavy atom. The fourth-order valence-electron chi connectivity index (χ4n) is 2.51. The monoisotopic (exact) mass is 312 g/mol. The number of carbonyl (C=O) groups excluding carboxylic acids is 1. The minimum atomic E-state index is 0. The van der Waals surface area contributed by atoms with Gasteiger partial charge in [0.1, 0.15) is 5.75 Å². The third-order valence-corrected chi connectivity index (χ3v) is 3.74. The maximum Gasteiger partial charge on any atom is 0.227 e. The van der Waals surface area contributed by atoms with E-state index in [4.69, 9.17) is 10.5 Å². The van der Waals surface area contributed by atoms with E-state index in [1.165, 1.54) is 0 Å². The molecule has 1 aliphatic carbocycles. The molecule has 3 N–H and O–H groups in total. The van der Waals surface area contributed by atoms with Crippen LogP contribution >= 0.6 is 12.4 Å². The fourth-order valence-corrected chi connectivity index (χ4v) is 2.51. The second-order valence-electron chi connectivity index (χ2n) is 5.46. The molecular weight excluding hydrogens is 288 g/mol. The Morgan fingerprint density at radius 2 is 2.14 bits per heavy atom. The number of hydrogen-bond donors (Lipinski definition) is 2. The number of nitrogens with one attached hydrogen (secondary N) is 1. The Kier molecular flexibility index (Phi) is 7.54. The summed E-state index contributed by atoms with van der Waals surface area (Å²) in [6, 6.07) is 7.77. The summed E-state index contributed by atoms with van der Waals surface area (Å²) in [6.45, 7) is 2.80. The molecule has 1 aliphatic rings. The summed E-state index contributed by atoms with van der Waals surface area (Å²) >= 11 is 0. The summed E-state index contributed by atoms with van der Waals surface area (Å²) in [4.78, 5) is 12.2. The lowest BCUT2D eigenvalue weighted by molar-refractivity contribution is -0.119. The molecule has 1 aromatic carbocycles. The minimum absolute atomic E-state index is 0. The van der Waals surface area contributed by atoms with E-state index in [9.17, 15) is 4.79 Å². The van der Waals surface area contributed by atoms with E-state index in [0.717, 1.165) is 43.5 Å². The van der Waals surface area contributed by atoms with E-state index in [2.05, 4.69) is 12.2 Å². The molecular formula is C16H25ClN2O2. The third-order valence-electron chi connectivity index (χ3n) is 3.74. The largest absolute Gasteiger partial charge is 0.491 e. The molecule has 0 heterocycles. The number of hydrogen-bond acceptors (Lipinski definition) is 3. The number of nitrogens with two attached hydrogens (primary N) is 1. The van der Waals surface area contributed by atoms with E-state index in [1.807, 2.05) is 24.3 Å². The SMILES string of the molecule is CCCCOc1ccccc1NC(=O)C1CCC(N)C1.Cl. The molecule has 5 heteroatoms. The second kappa shape index (κ2) is 8.90. The minimum Gasteiger partial charge on any atom is -0.491 e. The Balaban J connectivity index is 0.00000220. The van der Waals surface area contributed by atoms with Gasteiger partial charge in [0.15, 0.2) is 0 Å². The molecule has 1 fully saturated rings. The summed E-state index contributed by atoms with van der Waals surface area (Å²) in [5, 5.41) is 2.98. The van der Waals surface area contributed by atoms with E-state index < -0.39 is 0 Å². The van der Waals surface area contributed by atoms with Crippen LogP contribution in [0.4, 0.5) is 5.69 Å². The van der Waals surface area contributed by atoms with Crippen molar-refractivity contribution in [3.05, 3.63) is 24.3 Å². The van der Waals surface area contributed by atoms with Crippen molar-refractivity contribution in [1.29, 1.82) is 0 Å². The molecule has 0 aromatic heterocycles. The number of unbranched alkanes of at least 4 members (excludes halogenated alkanes) is 1. The van der Waals surface area contributed by atoms with Crippen LogP contribution in [0.25, 0.3) is 0 Å². The van der Waals surface area contributed by atoms with Crippen molar-refractivity contribution in [1.82, 2.24) is 0 Å². The molecule has 2 rings (SSSR count). The molecule has 2 atom stereocenters. The zero-order valence-electron chi connectivity index (χ0n) is 12.5. The first-order valence-electron chi connectivity index (χ1n) is 7.49. The molecule has 0 radical (unpaired) electrons. The van der Waals surface area contributed by atoms with Crippen molar-refractivity contribution in [2.75, 3.05) is 11.9 Å². The van der Waals surface area contributed by atoms with Gasteiger partial charge in [0.05, 0.1) is 12.3 Å². The number of para-hydroxylation sites is 2. The summed E-state index contributed by atoms with van der Waals surface area (Å²) in [6.07, 6.45) is 4.71. The van der Waals surface area contributed by atoms with Gasteiger partial charge in [-0.1, -0.05) is 25.5 Å². The van der Waals surface area contributed by atoms with E-state index in [0.29, 0.717) is 6.61 Å². The van der Waals surface area contributed by atoms with E-state index in [1.54, 1.807) is 0 Å². The number of halogens is 1. The van der Waals surface area contributed by atoms with Crippen molar-refractivity contribution in [3.8, 4) is 5.75 Å². The highest BCUT2D eigenvalue weighted by Gasteiger charge is 2.28. The van der Waals surface area contributed by atoms with Gasteiger partial charge in [-0.05, 0) is 37.8 Å². The van der Waals surface area contributed by atoms with Crippen molar-refractivity contribution in [2.45, 2.75) is 45.1 Å². The number of amides is 1. The topological polar surface area (TPSA) is 64.3 Å². The Morgan fingerprint density at radius 3 is 2.81 bits per heavy atom. The number of ether oxygens (including phenoxy) is 1. The van der Waals surface area contributed by atoms with Gasteiger partial charge in [-0.2, -0.15) is 0 Å². The molecule has 118 valence electrons. The third kappa shape index (κ3) is 5.21. The van der Waals surface area contributed by atoms with Gasteiger partial charge in [0.25, 0.3) is 0 Å². The quantitative estimate of drug-likeness (QED) is 0.792. The average Bonchev–Trinajstić information content (AvgIpc) is 2.88. The zero-order chi connectivity index (χ0) is 14.4. The Hall–Kier alpha value is -1.26. The van der Waals surface area contributed by atoms with Gasteiger partial charge in [-0.25, -0.2) is 0 Å². The standard InChI is InChI=1S/C16H24N2O2.ClH/c1-2-3-10-20-15-7-5-4-6-14(15)18-16(19)12-8-9-13(17)11-12;/h4-7,12-13H,2-3,8-11,17H2,1H3,(H,18,19);1H. The summed E-state index contributed by atoms with van der Waals surface area (Å²) < 4.78 is 5.72. The van der Waals surface area contributed by atoms with Crippen molar-refractivity contribution in [3.63, 3.8) is 0 Å². The predicted molar refractivity (Wildman–Crippen MR) is 88.0 cm³/mol. The number of rotatable bonds is 6. The highest BCUT2D eigenvalue weighted by atomic mass is 35.5. The van der Waals surface area contributed by atoms with Gasteiger partial charge in [0, 0.05) is 12.0 Å². The lowest BCUT2D eigenvalue weighted by atomic mass is 10.1. The normalized spacial score (nSPS) is 20.7. The van der Waals surface area contributed by atoms with Crippen LogP contribution < -0.4 is 15.8 Å². The first kappa shape index (κ1) is 17.8. The molecule has 21 heavy (non-hydrogen) atoms. The van der Waals surface area contributed by atoms with Crippen molar-refractivity contribution < 1.29 is 9.53 Å². The summed E-state index contributed by atoms with van der Waals surface area (Å²) in [5.74, 6) is 0.842. The van der Waals surface area contributed by atoms with E-state index in [-0.39, 0.29) is 30.3 Å². The van der Waals surface area contributed by atoms with Crippen LogP contribution in [0.15, 0.2) is 24.3 Å². The van der Waals surface area contributed by atoms with Gasteiger partial charge in [-0.3, -0.25) is 4.79 Å². The lowest BCUT2D eigenvalue weighted by Gasteiger charge is -2.14. The highest BCUT2D eigenvalue weighted by molar-refractivity contribution is 5.94. The van der Waals surface area contributed by atoms with Gasteiger partial charge in [-0.15, -0.1) is 12.4 Å². The number of benzene rings is 1. The zero-order valence-corrected chi connectivity index (χ0v) is 13.3. The molecule has 1 aromatic rings. The van der Waals surface area contributed by atoms with Gasteiger partial charge in [0.2, 0.25) is 5.91 Å². The maximum atomic E-state index is 12.2. The second-order valence-corrected chi connectivity index (χ2v) is 5.46. The summed E-state index contributed by atoms with van der Waals surface area (Å²) in [5.41, 5.74) is 6.62. The average molecular weight is 313 g/mol. The Labute approximate surface area is 132 Å². The first-order chi connectivity index (χ1) is 9.70. The smallest absolute Gasteiger partial charge is 0.227 e. The number of carbonyl (C=O) groups is 1. The van der Waals surface area contributed by atoms with Crippen molar-refractivity contribution in [2.24, 2.45) is 11.7 Å². The predicted octanol–water partition coefficient (Wildman–Crippen LogP) is 3.35. The highest BCUT2D eigenvalue weighted by Crippen LogP contribution is 2.28. The number of anilines is 1.